The summed E-state index contributed by atoms with van der Waals surface area (Å²) in [6, 6.07) is 13.9. The quantitative estimate of drug-likeness (QED) is 0.706. The summed E-state index contributed by atoms with van der Waals surface area (Å²) in [6.45, 7) is 8.58. The van der Waals surface area contributed by atoms with Gasteiger partial charge >= 0.3 is 0 Å². The summed E-state index contributed by atoms with van der Waals surface area (Å²) in [5.74, 6) is 1.19. The SMILES string of the molecule is Cc1cccc2cc(CNCc3cccs3)c(N3CCN4CCCC4C3)nc12. The second kappa shape index (κ2) is 7.82. The molecular weight excluding hydrogens is 364 g/mol. The number of nitrogens with one attached hydrogen (secondary N) is 1. The van der Waals surface area contributed by atoms with Crippen LogP contribution in [0.2, 0.25) is 0 Å². The summed E-state index contributed by atoms with van der Waals surface area (Å²) in [5.41, 5.74) is 3.73. The zero-order valence-corrected chi connectivity index (χ0v) is 17.3. The molecule has 0 spiro atoms. The summed E-state index contributed by atoms with van der Waals surface area (Å²) < 4.78 is 0. The van der Waals surface area contributed by atoms with Crippen molar-refractivity contribution >= 4 is 28.1 Å². The average Bonchev–Trinajstić information content (AvgIpc) is 3.39. The van der Waals surface area contributed by atoms with E-state index in [1.54, 1.807) is 0 Å². The zero-order valence-electron chi connectivity index (χ0n) is 16.5. The molecule has 1 unspecified atom stereocenters. The highest BCUT2D eigenvalue weighted by atomic mass is 32.1. The molecule has 3 aromatic rings. The number of benzene rings is 1. The highest BCUT2D eigenvalue weighted by molar-refractivity contribution is 7.09. The number of rotatable bonds is 5. The van der Waals surface area contributed by atoms with Gasteiger partial charge in [-0.2, -0.15) is 0 Å². The fourth-order valence-electron chi connectivity index (χ4n) is 4.70. The monoisotopic (exact) mass is 392 g/mol. The van der Waals surface area contributed by atoms with Crippen molar-refractivity contribution in [2.45, 2.75) is 38.9 Å². The summed E-state index contributed by atoms with van der Waals surface area (Å²) >= 11 is 1.81. The van der Waals surface area contributed by atoms with E-state index < -0.39 is 0 Å². The van der Waals surface area contributed by atoms with Crippen LogP contribution in [0, 0.1) is 6.92 Å². The van der Waals surface area contributed by atoms with E-state index in [9.17, 15) is 0 Å². The molecule has 5 rings (SSSR count). The Kier molecular flexibility index (Phi) is 5.05. The molecule has 4 nitrogen and oxygen atoms in total. The van der Waals surface area contributed by atoms with Gasteiger partial charge < -0.3 is 10.2 Å². The molecule has 0 bridgehead atoms. The van der Waals surface area contributed by atoms with E-state index in [-0.39, 0.29) is 0 Å². The van der Waals surface area contributed by atoms with Crippen LogP contribution >= 0.6 is 11.3 Å². The van der Waals surface area contributed by atoms with Crippen LogP contribution in [0.15, 0.2) is 41.8 Å². The third-order valence-electron chi connectivity index (χ3n) is 6.19. The highest BCUT2D eigenvalue weighted by Crippen LogP contribution is 2.30. The number of piperazine rings is 1. The highest BCUT2D eigenvalue weighted by Gasteiger charge is 2.31. The maximum absolute atomic E-state index is 5.20. The lowest BCUT2D eigenvalue weighted by Gasteiger charge is -2.39. The molecule has 1 atom stereocenters. The molecule has 2 fully saturated rings. The molecule has 4 heterocycles. The summed E-state index contributed by atoms with van der Waals surface area (Å²) in [7, 11) is 0. The van der Waals surface area contributed by atoms with Crippen LogP contribution < -0.4 is 10.2 Å². The lowest BCUT2D eigenvalue weighted by atomic mass is 10.1. The number of pyridine rings is 1. The minimum absolute atomic E-state index is 0.704. The smallest absolute Gasteiger partial charge is 0.133 e. The van der Waals surface area contributed by atoms with Gasteiger partial charge in [0, 0.05) is 54.6 Å². The van der Waals surface area contributed by atoms with Crippen molar-refractivity contribution in [3.63, 3.8) is 0 Å². The third kappa shape index (κ3) is 3.54. The molecule has 2 saturated heterocycles. The van der Waals surface area contributed by atoms with Crippen molar-refractivity contribution in [2.75, 3.05) is 31.1 Å². The number of thiophene rings is 1. The molecule has 0 amide bonds. The third-order valence-corrected chi connectivity index (χ3v) is 7.06. The van der Waals surface area contributed by atoms with Gasteiger partial charge in [0.1, 0.15) is 5.82 Å². The number of nitrogens with zero attached hydrogens (tertiary/aromatic N) is 3. The minimum Gasteiger partial charge on any atom is -0.353 e. The van der Waals surface area contributed by atoms with Gasteiger partial charge in [-0.05, 0) is 49.4 Å². The molecule has 2 aromatic heterocycles. The van der Waals surface area contributed by atoms with E-state index in [4.69, 9.17) is 4.98 Å². The predicted octanol–water partition coefficient (Wildman–Crippen LogP) is 4.18. The molecule has 0 saturated carbocycles. The molecule has 2 aliphatic heterocycles. The number of hydrogen-bond donors (Lipinski definition) is 1. The van der Waals surface area contributed by atoms with Crippen molar-refractivity contribution in [3.8, 4) is 0 Å². The lowest BCUT2D eigenvalue weighted by Crippen LogP contribution is -2.50. The molecule has 1 aromatic carbocycles. The Morgan fingerprint density at radius 3 is 3.00 bits per heavy atom. The van der Waals surface area contributed by atoms with Crippen LogP contribution in [0.1, 0.15) is 28.8 Å². The van der Waals surface area contributed by atoms with Crippen molar-refractivity contribution in [2.24, 2.45) is 0 Å². The summed E-state index contributed by atoms with van der Waals surface area (Å²) in [6.07, 6.45) is 2.67. The van der Waals surface area contributed by atoms with E-state index in [0.717, 1.165) is 31.7 Å². The first-order valence-electron chi connectivity index (χ1n) is 10.4. The Morgan fingerprint density at radius 2 is 2.11 bits per heavy atom. The Labute approximate surface area is 171 Å². The molecule has 1 N–H and O–H groups in total. The standard InChI is InChI=1S/C23H28N4S/c1-17-5-2-6-18-13-19(14-24-15-21-8-4-12-28-21)23(25-22(17)18)27-11-10-26-9-3-7-20(26)16-27/h2,4-6,8,12-13,20,24H,3,7,9-11,14-16H2,1H3. The Bertz CT molecular complexity index is 953. The second-order valence-corrected chi connectivity index (χ2v) is 9.11. The lowest BCUT2D eigenvalue weighted by molar-refractivity contribution is 0.230. The topological polar surface area (TPSA) is 31.4 Å². The second-order valence-electron chi connectivity index (χ2n) is 8.08. The fraction of sp³-hybridized carbons (Fsp3) is 0.435. The number of aryl methyl sites for hydroxylation is 1. The zero-order chi connectivity index (χ0) is 18.9. The van der Waals surface area contributed by atoms with E-state index in [0.29, 0.717) is 6.04 Å². The predicted molar refractivity (Wildman–Crippen MR) is 118 cm³/mol. The van der Waals surface area contributed by atoms with Gasteiger partial charge in [-0.25, -0.2) is 4.98 Å². The Hall–Kier alpha value is -1.95. The fourth-order valence-corrected chi connectivity index (χ4v) is 5.38. The molecule has 2 aliphatic rings. The van der Waals surface area contributed by atoms with Crippen LogP contribution in [0.25, 0.3) is 10.9 Å². The number of aromatic nitrogens is 1. The maximum Gasteiger partial charge on any atom is 0.133 e. The number of fused-ring (bicyclic) bond motifs is 2. The first-order valence-corrected chi connectivity index (χ1v) is 11.3. The van der Waals surface area contributed by atoms with Crippen LogP contribution in [0.5, 0.6) is 0 Å². The minimum atomic E-state index is 0.704. The molecule has 146 valence electrons. The Morgan fingerprint density at radius 1 is 1.14 bits per heavy atom. The van der Waals surface area contributed by atoms with Crippen molar-refractivity contribution in [1.29, 1.82) is 0 Å². The molecular formula is C23H28N4S. The Balaban J connectivity index is 1.45. The van der Waals surface area contributed by atoms with E-state index in [1.165, 1.54) is 53.1 Å². The van der Waals surface area contributed by atoms with E-state index in [1.807, 2.05) is 11.3 Å². The van der Waals surface area contributed by atoms with Gasteiger partial charge in [0.15, 0.2) is 0 Å². The van der Waals surface area contributed by atoms with E-state index in [2.05, 4.69) is 63.8 Å². The molecule has 5 heteroatoms. The van der Waals surface area contributed by atoms with Gasteiger partial charge in [-0.3, -0.25) is 4.90 Å². The van der Waals surface area contributed by atoms with Gasteiger partial charge in [-0.15, -0.1) is 11.3 Å². The number of anilines is 1. The van der Waals surface area contributed by atoms with Crippen LogP contribution in [0.3, 0.4) is 0 Å². The first kappa shape index (κ1) is 18.1. The van der Waals surface area contributed by atoms with Crippen molar-refractivity contribution < 1.29 is 0 Å². The summed E-state index contributed by atoms with van der Waals surface area (Å²) in [4.78, 5) is 11.8. The largest absolute Gasteiger partial charge is 0.353 e. The van der Waals surface area contributed by atoms with Gasteiger partial charge in [0.25, 0.3) is 0 Å². The van der Waals surface area contributed by atoms with Crippen LogP contribution in [-0.2, 0) is 13.1 Å². The molecule has 28 heavy (non-hydrogen) atoms. The van der Waals surface area contributed by atoms with Gasteiger partial charge in [0.05, 0.1) is 5.52 Å². The maximum atomic E-state index is 5.20. The molecule has 0 radical (unpaired) electrons. The van der Waals surface area contributed by atoms with Crippen LogP contribution in [0.4, 0.5) is 5.82 Å². The van der Waals surface area contributed by atoms with Gasteiger partial charge in [0.2, 0.25) is 0 Å². The number of para-hydroxylation sites is 1. The van der Waals surface area contributed by atoms with Crippen molar-refractivity contribution in [1.82, 2.24) is 15.2 Å². The van der Waals surface area contributed by atoms with Crippen molar-refractivity contribution in [3.05, 3.63) is 57.8 Å². The average molecular weight is 393 g/mol. The molecule has 0 aliphatic carbocycles. The number of hydrogen-bond acceptors (Lipinski definition) is 5. The first-order chi connectivity index (χ1) is 13.8. The van der Waals surface area contributed by atoms with Gasteiger partial charge in [-0.1, -0.05) is 24.3 Å². The summed E-state index contributed by atoms with van der Waals surface area (Å²) in [5, 5.41) is 7.03. The van der Waals surface area contributed by atoms with E-state index >= 15 is 0 Å². The normalized spacial score (nSPS) is 20.0. The van der Waals surface area contributed by atoms with Crippen LogP contribution in [-0.4, -0.2) is 42.1 Å².